The van der Waals surface area contributed by atoms with Crippen molar-refractivity contribution in [3.63, 3.8) is 0 Å². The third-order valence-electron chi connectivity index (χ3n) is 16.8. The monoisotopic (exact) mass is 826 g/mol. The van der Waals surface area contributed by atoms with Gasteiger partial charge in [-0.15, -0.1) is 0 Å². The lowest BCUT2D eigenvalue weighted by Gasteiger charge is -2.25. The Bertz CT molecular complexity index is 3180. The van der Waals surface area contributed by atoms with E-state index in [0.29, 0.717) is 0 Å². The van der Waals surface area contributed by atoms with Gasteiger partial charge >= 0.3 is 0 Å². The third kappa shape index (κ3) is 5.06. The molecular formula is C64H58. The number of hydrogen-bond acceptors (Lipinski definition) is 0. The fourth-order valence-electron chi connectivity index (χ4n) is 13.0. The van der Waals surface area contributed by atoms with Crippen LogP contribution in [0.3, 0.4) is 0 Å². The molecule has 0 saturated heterocycles. The van der Waals surface area contributed by atoms with Gasteiger partial charge < -0.3 is 0 Å². The Morgan fingerprint density at radius 1 is 0.219 bits per heavy atom. The highest BCUT2D eigenvalue weighted by atomic mass is 14.4. The van der Waals surface area contributed by atoms with E-state index in [-0.39, 0.29) is 21.7 Å². The lowest BCUT2D eigenvalue weighted by molar-refractivity contribution is 0.659. The largest absolute Gasteiger partial charge is 0.0619 e. The summed E-state index contributed by atoms with van der Waals surface area (Å²) in [6.45, 7) is 28.5. The molecule has 0 aliphatic heterocycles. The first-order valence-electron chi connectivity index (χ1n) is 23.5. The molecule has 12 rings (SSSR count). The van der Waals surface area contributed by atoms with Gasteiger partial charge in [0.15, 0.2) is 0 Å². The maximum absolute atomic E-state index is 2.55. The fourth-order valence-corrected chi connectivity index (χ4v) is 13.0. The van der Waals surface area contributed by atoms with Crippen molar-refractivity contribution in [3.05, 3.63) is 200 Å². The van der Waals surface area contributed by atoms with Crippen molar-refractivity contribution in [1.29, 1.82) is 0 Å². The fraction of sp³-hybridized carbons (Fsp3) is 0.250. The van der Waals surface area contributed by atoms with Gasteiger partial charge in [0.05, 0.1) is 0 Å². The molecule has 0 amide bonds. The molecule has 0 unspecified atom stereocenters. The number of benzene rings is 8. The molecule has 0 heterocycles. The molecule has 0 N–H and O–H groups in total. The van der Waals surface area contributed by atoms with Gasteiger partial charge in [-0.25, -0.2) is 0 Å². The van der Waals surface area contributed by atoms with Crippen molar-refractivity contribution < 1.29 is 0 Å². The number of hydrogen-bond donors (Lipinski definition) is 0. The van der Waals surface area contributed by atoms with Gasteiger partial charge in [0.2, 0.25) is 0 Å². The summed E-state index contributed by atoms with van der Waals surface area (Å²) in [6, 6.07) is 52.4. The van der Waals surface area contributed by atoms with Gasteiger partial charge in [-0.1, -0.05) is 152 Å². The van der Waals surface area contributed by atoms with Crippen molar-refractivity contribution in [2.45, 2.75) is 105 Å². The van der Waals surface area contributed by atoms with Gasteiger partial charge in [0, 0.05) is 21.7 Å². The predicted octanol–water partition coefficient (Wildman–Crippen LogP) is 17.1. The van der Waals surface area contributed by atoms with Crippen molar-refractivity contribution in [1.82, 2.24) is 0 Å². The second kappa shape index (κ2) is 12.7. The Kier molecular flexibility index (Phi) is 7.83. The van der Waals surface area contributed by atoms with Crippen molar-refractivity contribution in [3.8, 4) is 77.9 Å². The summed E-state index contributed by atoms with van der Waals surface area (Å²) in [5.74, 6) is 0. The highest BCUT2D eigenvalue weighted by molar-refractivity contribution is 5.93. The van der Waals surface area contributed by atoms with Crippen LogP contribution in [0.4, 0.5) is 0 Å². The van der Waals surface area contributed by atoms with Gasteiger partial charge in [-0.3, -0.25) is 0 Å². The highest BCUT2D eigenvalue weighted by Crippen LogP contribution is 2.57. The summed E-state index contributed by atoms with van der Waals surface area (Å²) in [6.07, 6.45) is 0. The maximum atomic E-state index is 2.55. The van der Waals surface area contributed by atoms with Gasteiger partial charge in [0.1, 0.15) is 0 Å². The average molecular weight is 827 g/mol. The molecule has 0 atom stereocenters. The molecule has 0 aromatic heterocycles. The summed E-state index contributed by atoms with van der Waals surface area (Å²) in [7, 11) is 0. The van der Waals surface area contributed by atoms with Crippen LogP contribution in [-0.2, 0) is 21.7 Å². The van der Waals surface area contributed by atoms with Gasteiger partial charge in [0.25, 0.3) is 0 Å². The maximum Gasteiger partial charge on any atom is 0.0159 e. The Hall–Kier alpha value is -6.24. The number of aryl methyl sites for hydroxylation is 4. The van der Waals surface area contributed by atoms with Crippen LogP contribution in [0.5, 0.6) is 0 Å². The number of rotatable bonds is 3. The summed E-state index contributed by atoms with van der Waals surface area (Å²) in [5, 5.41) is 0. The second-order valence-electron chi connectivity index (χ2n) is 22.0. The molecule has 314 valence electrons. The van der Waals surface area contributed by atoms with Crippen molar-refractivity contribution in [2.24, 2.45) is 0 Å². The zero-order chi connectivity index (χ0) is 44.6. The SMILES string of the molecule is Cc1cc2c(cc1-c1ccc3c(c1)C(C)(C)c1ccccc1-3)C(C)(C)c1cc(-c3cc4c(cc3C)-c3cc(C)c(-c5ccc6c(c5)C(C)(C)c5ccccc5-6)cc3C4(C)C)c(C)cc1-2. The Balaban J connectivity index is 0.912. The zero-order valence-electron chi connectivity index (χ0n) is 39.7. The topological polar surface area (TPSA) is 0 Å². The molecule has 0 spiro atoms. The molecule has 0 nitrogen and oxygen atoms in total. The van der Waals surface area contributed by atoms with Crippen LogP contribution >= 0.6 is 0 Å². The van der Waals surface area contributed by atoms with E-state index < -0.39 is 0 Å². The number of fused-ring (bicyclic) bond motifs is 12. The van der Waals surface area contributed by atoms with E-state index in [1.54, 1.807) is 0 Å². The van der Waals surface area contributed by atoms with Crippen LogP contribution in [0, 0.1) is 27.7 Å². The van der Waals surface area contributed by atoms with Crippen LogP contribution in [0.25, 0.3) is 77.9 Å². The summed E-state index contributed by atoms with van der Waals surface area (Å²) in [5.41, 5.74) is 35.4. The first kappa shape index (κ1) is 39.4. The summed E-state index contributed by atoms with van der Waals surface area (Å²) >= 11 is 0. The van der Waals surface area contributed by atoms with E-state index in [1.807, 2.05) is 0 Å². The second-order valence-corrected chi connectivity index (χ2v) is 22.0. The first-order valence-corrected chi connectivity index (χ1v) is 23.5. The molecule has 0 bridgehead atoms. The van der Waals surface area contributed by atoms with Crippen LogP contribution in [-0.4, -0.2) is 0 Å². The lowest BCUT2D eigenvalue weighted by atomic mass is 9.78. The molecule has 0 heteroatoms. The van der Waals surface area contributed by atoms with E-state index in [0.717, 1.165) is 0 Å². The molecular weight excluding hydrogens is 769 g/mol. The molecule has 0 radical (unpaired) electrons. The van der Waals surface area contributed by atoms with Crippen LogP contribution < -0.4 is 0 Å². The molecule has 0 fully saturated rings. The smallest absolute Gasteiger partial charge is 0.0159 e. The molecule has 0 saturated carbocycles. The Morgan fingerprint density at radius 2 is 0.484 bits per heavy atom. The molecule has 4 aliphatic rings. The molecule has 8 aromatic carbocycles. The van der Waals surface area contributed by atoms with E-state index in [9.17, 15) is 0 Å². The predicted molar refractivity (Wildman–Crippen MR) is 272 cm³/mol. The van der Waals surface area contributed by atoms with Gasteiger partial charge in [-0.05, 0) is 209 Å². The Morgan fingerprint density at radius 3 is 0.844 bits per heavy atom. The molecule has 8 aromatic rings. The molecule has 4 aliphatic carbocycles. The first-order chi connectivity index (χ1) is 30.4. The normalized spacial score (nSPS) is 16.6. The quantitative estimate of drug-likeness (QED) is 0.166. The van der Waals surface area contributed by atoms with Crippen molar-refractivity contribution in [2.75, 3.05) is 0 Å². The minimum atomic E-state index is -0.147. The standard InChI is InChI=1S/C64H58/c1-35-25-49-51-27-37(3)47(33-59(51)63(9,10)57(49)31-45(35)39-21-23-43-41-17-13-15-19-53(41)61(5,6)55(43)29-39)48-34-60-52(28-38(48)4)50-26-36(2)46(32-58(50)64(60,11)12)40-22-24-44-42-18-14-16-20-54(42)62(7,8)56(44)30-40/h13-34H,1-12H3. The van der Waals surface area contributed by atoms with Gasteiger partial charge in [-0.2, -0.15) is 0 Å². The van der Waals surface area contributed by atoms with E-state index in [4.69, 9.17) is 0 Å². The van der Waals surface area contributed by atoms with Crippen LogP contribution in [0.15, 0.2) is 133 Å². The highest BCUT2D eigenvalue weighted by Gasteiger charge is 2.41. The van der Waals surface area contributed by atoms with E-state index >= 15 is 0 Å². The third-order valence-corrected chi connectivity index (χ3v) is 16.8. The minimum absolute atomic E-state index is 0.0281. The lowest BCUT2D eigenvalue weighted by Crippen LogP contribution is -2.16. The molecule has 64 heavy (non-hydrogen) atoms. The van der Waals surface area contributed by atoms with Crippen LogP contribution in [0.2, 0.25) is 0 Å². The van der Waals surface area contributed by atoms with E-state index in [1.165, 1.54) is 145 Å². The van der Waals surface area contributed by atoms with Crippen LogP contribution in [0.1, 0.15) is 122 Å². The summed E-state index contributed by atoms with van der Waals surface area (Å²) < 4.78 is 0. The van der Waals surface area contributed by atoms with Crippen molar-refractivity contribution >= 4 is 0 Å². The zero-order valence-corrected chi connectivity index (χ0v) is 39.7. The van der Waals surface area contributed by atoms with E-state index in [2.05, 4.69) is 217 Å². The average Bonchev–Trinajstić information content (AvgIpc) is 3.81. The Labute approximate surface area is 381 Å². The summed E-state index contributed by atoms with van der Waals surface area (Å²) in [4.78, 5) is 0. The minimum Gasteiger partial charge on any atom is -0.0619 e.